The van der Waals surface area contributed by atoms with Crippen molar-refractivity contribution in [2.24, 2.45) is 0 Å². The number of ether oxygens (including phenoxy) is 2. The Kier molecular flexibility index (Phi) is 14.1. The topological polar surface area (TPSA) is 76.7 Å². The number of hydrogen-bond donors (Lipinski definition) is 2. The highest BCUT2D eigenvalue weighted by Gasteiger charge is 2.03. The Bertz CT molecular complexity index is 305. The van der Waals surface area contributed by atoms with E-state index in [-0.39, 0.29) is 11.8 Å². The highest BCUT2D eigenvalue weighted by atomic mass is 32.2. The Morgan fingerprint density at radius 1 is 0.652 bits per heavy atom. The molecule has 6 nitrogen and oxygen atoms in total. The molecular weight excluding hydrogens is 356 g/mol. The molecule has 23 heavy (non-hydrogen) atoms. The van der Waals surface area contributed by atoms with Gasteiger partial charge in [0.05, 0.1) is 37.9 Å². The molecule has 0 radical (unpaired) electrons. The molecule has 1 heterocycles. The van der Waals surface area contributed by atoms with Crippen molar-refractivity contribution in [1.82, 2.24) is 10.6 Å². The number of hydrogen-bond acceptors (Lipinski definition) is 7. The van der Waals surface area contributed by atoms with Gasteiger partial charge in [0.15, 0.2) is 0 Å². The van der Waals surface area contributed by atoms with E-state index in [1.54, 1.807) is 23.5 Å². The van der Waals surface area contributed by atoms with Gasteiger partial charge in [-0.2, -0.15) is 35.3 Å². The number of amides is 2. The number of thioether (sulfide) groups is 3. The highest BCUT2D eigenvalue weighted by molar-refractivity contribution is 8.04. The monoisotopic (exact) mass is 382 g/mol. The Hall–Kier alpha value is -0.0900. The lowest BCUT2D eigenvalue weighted by Gasteiger charge is -2.08. The number of nitrogens with one attached hydrogen (secondary N) is 2. The molecule has 2 N–H and O–H groups in total. The maximum atomic E-state index is 11.6. The van der Waals surface area contributed by atoms with Crippen molar-refractivity contribution in [2.75, 3.05) is 74.0 Å². The van der Waals surface area contributed by atoms with Gasteiger partial charge in [-0.3, -0.25) is 9.59 Å². The van der Waals surface area contributed by atoms with Crippen LogP contribution < -0.4 is 10.6 Å². The van der Waals surface area contributed by atoms with Crippen LogP contribution in [0.1, 0.15) is 0 Å². The van der Waals surface area contributed by atoms with Gasteiger partial charge in [-0.25, -0.2) is 0 Å². The molecule has 9 heteroatoms. The summed E-state index contributed by atoms with van der Waals surface area (Å²) in [4.78, 5) is 23.1. The van der Waals surface area contributed by atoms with Crippen molar-refractivity contribution in [3.63, 3.8) is 0 Å². The molecule has 0 aromatic rings. The first-order valence-electron chi connectivity index (χ1n) is 7.71. The van der Waals surface area contributed by atoms with Gasteiger partial charge in [-0.15, -0.1) is 0 Å². The van der Waals surface area contributed by atoms with Crippen LogP contribution in [0, 0.1) is 0 Å². The fourth-order valence-electron chi connectivity index (χ4n) is 1.62. The third kappa shape index (κ3) is 14.0. The van der Waals surface area contributed by atoms with Crippen LogP contribution in [0.5, 0.6) is 0 Å². The smallest absolute Gasteiger partial charge is 0.230 e. The fraction of sp³-hybridized carbons (Fsp3) is 0.857. The molecular formula is C14H26N2O4S3. The first-order chi connectivity index (χ1) is 11.3. The van der Waals surface area contributed by atoms with Gasteiger partial charge in [0.1, 0.15) is 0 Å². The van der Waals surface area contributed by atoms with Gasteiger partial charge in [0, 0.05) is 36.1 Å². The summed E-state index contributed by atoms with van der Waals surface area (Å²) in [6, 6.07) is 0. The summed E-state index contributed by atoms with van der Waals surface area (Å²) in [5, 5.41) is 5.67. The molecule has 0 aromatic carbocycles. The van der Waals surface area contributed by atoms with E-state index in [0.717, 1.165) is 23.0 Å². The summed E-state index contributed by atoms with van der Waals surface area (Å²) >= 11 is 5.16. The van der Waals surface area contributed by atoms with Crippen molar-refractivity contribution in [1.29, 1.82) is 0 Å². The molecule has 1 saturated heterocycles. The quantitative estimate of drug-likeness (QED) is 0.630. The fourth-order valence-corrected chi connectivity index (χ4v) is 4.57. The van der Waals surface area contributed by atoms with Gasteiger partial charge in [0.2, 0.25) is 11.8 Å². The second kappa shape index (κ2) is 15.4. The van der Waals surface area contributed by atoms with Crippen LogP contribution >= 0.6 is 35.3 Å². The second-order valence-electron chi connectivity index (χ2n) is 4.64. The van der Waals surface area contributed by atoms with Crippen molar-refractivity contribution in [3.05, 3.63) is 0 Å². The Balaban J connectivity index is 2.17. The zero-order chi connectivity index (χ0) is 16.6. The third-order valence-electron chi connectivity index (χ3n) is 2.72. The molecule has 2 amide bonds. The summed E-state index contributed by atoms with van der Waals surface area (Å²) in [5.74, 6) is 5.12. The number of carbonyl (C=O) groups is 2. The first-order valence-corrected chi connectivity index (χ1v) is 11.2. The van der Waals surface area contributed by atoms with E-state index in [9.17, 15) is 9.59 Å². The van der Waals surface area contributed by atoms with Gasteiger partial charge < -0.3 is 20.1 Å². The van der Waals surface area contributed by atoms with Gasteiger partial charge >= 0.3 is 0 Å². The third-order valence-corrected chi connectivity index (χ3v) is 6.14. The number of rotatable bonds is 0. The predicted octanol–water partition coefficient (Wildman–Crippen LogP) is 0.465. The summed E-state index contributed by atoms with van der Waals surface area (Å²) in [6.45, 7) is 3.02. The average molecular weight is 383 g/mol. The minimum Gasteiger partial charge on any atom is -0.377 e. The normalized spacial score (nSPS) is 22.4. The maximum Gasteiger partial charge on any atom is 0.230 e. The van der Waals surface area contributed by atoms with Crippen molar-refractivity contribution in [3.8, 4) is 0 Å². The molecule has 0 aliphatic carbocycles. The van der Waals surface area contributed by atoms with Gasteiger partial charge in [-0.05, 0) is 0 Å². The lowest BCUT2D eigenvalue weighted by Crippen LogP contribution is -2.30. The zero-order valence-corrected chi connectivity index (χ0v) is 15.8. The van der Waals surface area contributed by atoms with E-state index in [0.29, 0.717) is 51.0 Å². The highest BCUT2D eigenvalue weighted by Crippen LogP contribution is 2.10. The number of carbonyl (C=O) groups excluding carboxylic acids is 2. The van der Waals surface area contributed by atoms with Crippen LogP contribution in [0.15, 0.2) is 0 Å². The van der Waals surface area contributed by atoms with Crippen molar-refractivity contribution < 1.29 is 19.1 Å². The van der Waals surface area contributed by atoms with Gasteiger partial charge in [0.25, 0.3) is 0 Å². The summed E-state index contributed by atoms with van der Waals surface area (Å²) in [6.07, 6.45) is 0. The van der Waals surface area contributed by atoms with Crippen LogP contribution in [0.25, 0.3) is 0 Å². The molecule has 0 spiro atoms. The van der Waals surface area contributed by atoms with Crippen LogP contribution in [-0.4, -0.2) is 85.8 Å². The molecule has 1 aliphatic heterocycles. The molecule has 0 atom stereocenters. The molecule has 1 rings (SSSR count). The second-order valence-corrected chi connectivity index (χ2v) is 8.08. The molecule has 1 fully saturated rings. The van der Waals surface area contributed by atoms with E-state index < -0.39 is 0 Å². The summed E-state index contributed by atoms with van der Waals surface area (Å²) < 4.78 is 10.7. The Morgan fingerprint density at radius 2 is 1.09 bits per heavy atom. The Morgan fingerprint density at radius 3 is 1.57 bits per heavy atom. The van der Waals surface area contributed by atoms with Crippen molar-refractivity contribution >= 4 is 47.1 Å². The summed E-state index contributed by atoms with van der Waals surface area (Å²) in [7, 11) is 0. The molecule has 0 aromatic heterocycles. The standard InChI is InChI=1S/C14H26N2O4S3/c17-13-11-22-9-7-21-8-10-23-12-14(18)16-2-4-20-6-5-19-3-1-15-13/h1-12H2,(H,15,17)(H,16,18). The Labute approximate surface area is 150 Å². The largest absolute Gasteiger partial charge is 0.377 e. The zero-order valence-electron chi connectivity index (χ0n) is 13.3. The summed E-state index contributed by atoms with van der Waals surface area (Å²) in [5.41, 5.74) is 0. The molecule has 1 aliphatic rings. The maximum absolute atomic E-state index is 11.6. The minimum absolute atomic E-state index is 0.0610. The molecule has 0 unspecified atom stereocenters. The van der Waals surface area contributed by atoms with Gasteiger partial charge in [-0.1, -0.05) is 0 Å². The first kappa shape index (κ1) is 21.0. The van der Waals surface area contributed by atoms with Crippen LogP contribution in [-0.2, 0) is 19.1 Å². The van der Waals surface area contributed by atoms with E-state index in [2.05, 4.69) is 10.6 Å². The average Bonchev–Trinajstić information content (AvgIpc) is 2.54. The van der Waals surface area contributed by atoms with E-state index in [1.165, 1.54) is 0 Å². The van der Waals surface area contributed by atoms with E-state index in [4.69, 9.17) is 9.47 Å². The van der Waals surface area contributed by atoms with Crippen LogP contribution in [0.2, 0.25) is 0 Å². The van der Waals surface area contributed by atoms with Crippen molar-refractivity contribution in [2.45, 2.75) is 0 Å². The van der Waals surface area contributed by atoms with Crippen LogP contribution in [0.3, 0.4) is 0 Å². The minimum atomic E-state index is 0.0610. The molecule has 0 bridgehead atoms. The SMILES string of the molecule is O=C1CSCCSCCSCC(=O)NCCOCCOCCN1. The van der Waals surface area contributed by atoms with E-state index in [1.807, 2.05) is 11.8 Å². The van der Waals surface area contributed by atoms with Crippen LogP contribution in [0.4, 0.5) is 0 Å². The lowest BCUT2D eigenvalue weighted by molar-refractivity contribution is -0.119. The molecule has 134 valence electrons. The lowest BCUT2D eigenvalue weighted by atomic mass is 10.6. The van der Waals surface area contributed by atoms with E-state index >= 15 is 0 Å². The molecule has 0 saturated carbocycles. The predicted molar refractivity (Wildman–Crippen MR) is 99.6 cm³/mol.